The van der Waals surface area contributed by atoms with Crippen LogP contribution in [0.1, 0.15) is 38.2 Å². The molecule has 16 heteroatoms. The Balaban J connectivity index is 1.26. The second kappa shape index (κ2) is 11.8. The highest BCUT2D eigenvalue weighted by Gasteiger charge is 2.51. The summed E-state index contributed by atoms with van der Waals surface area (Å²) in [4.78, 5) is 36.1. The molecule has 3 N–H and O–H groups in total. The fourth-order valence-electron chi connectivity index (χ4n) is 5.22. The number of nitrogens with zero attached hydrogens (tertiary/aromatic N) is 4. The quantitative estimate of drug-likeness (QED) is 0.427. The topological polar surface area (TPSA) is 112 Å². The Bertz CT molecular complexity index is 1000. The lowest BCUT2D eigenvalue weighted by atomic mass is 9.96. The molecule has 1 aromatic heterocycles. The minimum absolute atomic E-state index is 0.0172. The third-order valence-electron chi connectivity index (χ3n) is 7.19. The lowest BCUT2D eigenvalue weighted by Gasteiger charge is -2.42. The van der Waals surface area contributed by atoms with Crippen LogP contribution in [0.3, 0.4) is 0 Å². The van der Waals surface area contributed by atoms with Gasteiger partial charge in [-0.05, 0) is 32.6 Å². The molecule has 39 heavy (non-hydrogen) atoms. The van der Waals surface area contributed by atoms with Gasteiger partial charge in [0.05, 0.1) is 12.2 Å². The van der Waals surface area contributed by atoms with E-state index in [2.05, 4.69) is 20.7 Å². The molecule has 0 aliphatic carbocycles. The van der Waals surface area contributed by atoms with Crippen molar-refractivity contribution < 1.29 is 40.7 Å². The molecule has 0 spiro atoms. The minimum atomic E-state index is -4.71. The molecule has 0 bridgehead atoms. The van der Waals surface area contributed by atoms with Crippen LogP contribution in [0.25, 0.3) is 0 Å². The van der Waals surface area contributed by atoms with Crippen molar-refractivity contribution in [2.24, 2.45) is 5.92 Å². The van der Waals surface area contributed by atoms with Crippen LogP contribution in [0, 0.1) is 5.92 Å². The van der Waals surface area contributed by atoms with Gasteiger partial charge in [-0.3, -0.25) is 15.0 Å². The van der Waals surface area contributed by atoms with E-state index < -0.39 is 47.9 Å². The van der Waals surface area contributed by atoms with E-state index in [-0.39, 0.29) is 31.0 Å². The van der Waals surface area contributed by atoms with E-state index in [1.807, 2.05) is 5.43 Å². The second-order valence-electron chi connectivity index (χ2n) is 10.0. The zero-order valence-electron chi connectivity index (χ0n) is 21.2. The van der Waals surface area contributed by atoms with Gasteiger partial charge in [-0.1, -0.05) is 0 Å². The second-order valence-corrected chi connectivity index (χ2v) is 10.0. The molecule has 2 unspecified atom stereocenters. The standard InChI is InChI=1S/C23H31F6N7O3/c1-13(33-16-11-32-34-19(37)18(16)23(27,28)29)12-39-17-3-2-6-36(20(17)38)15-4-7-35(8-5-15)21-30-9-14(10-31-21)22(24,25)26/h9-10,13,15-18,32-33H,2-8,11-12H2,1H3,(H,34,37)/t13-,16?,17+,18?/m0/s1. The molecule has 0 radical (unpaired) electrons. The van der Waals surface area contributed by atoms with Crippen molar-refractivity contribution in [3.05, 3.63) is 18.0 Å². The van der Waals surface area contributed by atoms with Crippen molar-refractivity contribution in [1.82, 2.24) is 31.0 Å². The number of nitrogens with one attached hydrogen (secondary N) is 3. The number of carbonyl (C=O) groups excluding carboxylic acids is 2. The SMILES string of the molecule is C[C@@H](CO[C@@H]1CCCN(C2CCN(c3ncc(C(F)(F)F)cn3)CC2)C1=O)NC1CNNC(=O)C1C(F)(F)F. The molecule has 10 nitrogen and oxygen atoms in total. The largest absolute Gasteiger partial charge is 0.419 e. The summed E-state index contributed by atoms with van der Waals surface area (Å²) < 4.78 is 84.2. The Morgan fingerprint density at radius 1 is 1.08 bits per heavy atom. The Kier molecular flexibility index (Phi) is 8.85. The molecule has 3 aliphatic rings. The van der Waals surface area contributed by atoms with E-state index in [0.29, 0.717) is 45.3 Å². The van der Waals surface area contributed by atoms with E-state index in [9.17, 15) is 35.9 Å². The number of likely N-dealkylation sites (tertiary alicyclic amines) is 1. The van der Waals surface area contributed by atoms with Crippen LogP contribution in [-0.4, -0.2) is 89.9 Å². The molecule has 4 heterocycles. The predicted molar refractivity (Wildman–Crippen MR) is 125 cm³/mol. The average molecular weight is 568 g/mol. The number of aromatic nitrogens is 2. The van der Waals surface area contributed by atoms with Crippen molar-refractivity contribution in [1.29, 1.82) is 0 Å². The van der Waals surface area contributed by atoms with Gasteiger partial charge in [-0.25, -0.2) is 15.4 Å². The van der Waals surface area contributed by atoms with Crippen LogP contribution in [0.5, 0.6) is 0 Å². The third-order valence-corrected chi connectivity index (χ3v) is 7.19. The summed E-state index contributed by atoms with van der Waals surface area (Å²) in [5, 5.41) is 2.79. The number of rotatable bonds is 7. The zero-order chi connectivity index (χ0) is 28.4. The molecule has 4 rings (SSSR count). The Morgan fingerprint density at radius 3 is 2.36 bits per heavy atom. The van der Waals surface area contributed by atoms with Crippen molar-refractivity contribution in [3.8, 4) is 0 Å². The summed E-state index contributed by atoms with van der Waals surface area (Å²) in [6.07, 6.45) is -6.10. The van der Waals surface area contributed by atoms with Crippen LogP contribution in [0.15, 0.2) is 12.4 Å². The Labute approximate surface area is 220 Å². The Morgan fingerprint density at radius 2 is 1.74 bits per heavy atom. The van der Waals surface area contributed by atoms with E-state index in [0.717, 1.165) is 12.4 Å². The number of hydrazine groups is 1. The van der Waals surface area contributed by atoms with Crippen molar-refractivity contribution in [2.75, 3.05) is 37.7 Å². The molecule has 0 saturated carbocycles. The van der Waals surface area contributed by atoms with Gasteiger partial charge in [0.1, 0.15) is 6.10 Å². The molecular weight excluding hydrogens is 536 g/mol. The van der Waals surface area contributed by atoms with Gasteiger partial charge in [-0.15, -0.1) is 0 Å². The highest BCUT2D eigenvalue weighted by atomic mass is 19.4. The number of halogens is 6. The molecule has 2 amide bonds. The average Bonchev–Trinajstić information content (AvgIpc) is 2.87. The van der Waals surface area contributed by atoms with Crippen molar-refractivity contribution >= 4 is 17.8 Å². The number of hydrogen-bond acceptors (Lipinski definition) is 8. The number of anilines is 1. The fourth-order valence-corrected chi connectivity index (χ4v) is 5.22. The number of alkyl halides is 6. The number of ether oxygens (including phenoxy) is 1. The monoisotopic (exact) mass is 567 g/mol. The van der Waals surface area contributed by atoms with Crippen LogP contribution in [0.2, 0.25) is 0 Å². The van der Waals surface area contributed by atoms with E-state index in [1.54, 1.807) is 16.7 Å². The number of amides is 2. The predicted octanol–water partition coefficient (Wildman–Crippen LogP) is 1.63. The first-order chi connectivity index (χ1) is 18.3. The van der Waals surface area contributed by atoms with Crippen LogP contribution >= 0.6 is 0 Å². The maximum Gasteiger partial charge on any atom is 0.419 e. The summed E-state index contributed by atoms with van der Waals surface area (Å²) in [6.45, 7) is 2.97. The van der Waals surface area contributed by atoms with Gasteiger partial charge in [-0.2, -0.15) is 26.3 Å². The molecule has 0 aromatic carbocycles. The van der Waals surface area contributed by atoms with E-state index in [1.165, 1.54) is 0 Å². The van der Waals surface area contributed by atoms with Gasteiger partial charge in [0.15, 0.2) is 5.92 Å². The summed E-state index contributed by atoms with van der Waals surface area (Å²) in [7, 11) is 0. The summed E-state index contributed by atoms with van der Waals surface area (Å²) in [5.74, 6) is -3.35. The van der Waals surface area contributed by atoms with Crippen LogP contribution < -0.4 is 21.1 Å². The first-order valence-corrected chi connectivity index (χ1v) is 12.8. The first kappa shape index (κ1) is 29.3. The third kappa shape index (κ3) is 7.08. The number of hydrogen-bond donors (Lipinski definition) is 3. The summed E-state index contributed by atoms with van der Waals surface area (Å²) in [6, 6.07) is -1.82. The highest BCUT2D eigenvalue weighted by molar-refractivity contribution is 5.82. The lowest BCUT2D eigenvalue weighted by molar-refractivity contribution is -0.193. The fraction of sp³-hybridized carbons (Fsp3) is 0.739. The maximum absolute atomic E-state index is 13.4. The minimum Gasteiger partial charge on any atom is -0.367 e. The highest BCUT2D eigenvalue weighted by Crippen LogP contribution is 2.31. The molecule has 4 atom stereocenters. The number of carbonyl (C=O) groups is 2. The van der Waals surface area contributed by atoms with E-state index in [4.69, 9.17) is 4.74 Å². The molecule has 1 aromatic rings. The smallest absolute Gasteiger partial charge is 0.367 e. The van der Waals surface area contributed by atoms with Crippen LogP contribution in [0.4, 0.5) is 32.3 Å². The summed E-state index contributed by atoms with van der Waals surface area (Å²) >= 11 is 0. The van der Waals surface area contributed by atoms with Gasteiger partial charge >= 0.3 is 12.4 Å². The first-order valence-electron chi connectivity index (χ1n) is 12.8. The zero-order valence-corrected chi connectivity index (χ0v) is 21.2. The molecule has 3 fully saturated rings. The van der Waals surface area contributed by atoms with Gasteiger partial charge < -0.3 is 19.9 Å². The lowest BCUT2D eigenvalue weighted by Crippen LogP contribution is -2.65. The normalized spacial score (nSPS) is 26.5. The van der Waals surface area contributed by atoms with Gasteiger partial charge in [0.25, 0.3) is 5.91 Å². The van der Waals surface area contributed by atoms with Crippen molar-refractivity contribution in [2.45, 2.75) is 69.2 Å². The molecule has 3 aliphatic heterocycles. The molecular formula is C23H31F6N7O3. The molecule has 218 valence electrons. The van der Waals surface area contributed by atoms with Gasteiger partial charge in [0.2, 0.25) is 11.9 Å². The Hall–Kier alpha value is -2.72. The summed E-state index contributed by atoms with van der Waals surface area (Å²) in [5.41, 5.74) is 3.53. The molecule has 3 saturated heterocycles. The van der Waals surface area contributed by atoms with Crippen molar-refractivity contribution in [3.63, 3.8) is 0 Å². The number of piperidine rings is 2. The van der Waals surface area contributed by atoms with Gasteiger partial charge in [0, 0.05) is 56.7 Å². The van der Waals surface area contributed by atoms with Crippen LogP contribution in [-0.2, 0) is 20.5 Å². The van der Waals surface area contributed by atoms with E-state index >= 15 is 0 Å². The maximum atomic E-state index is 13.4.